The first kappa shape index (κ1) is 14.9. The molecule has 0 saturated heterocycles. The number of aryl methyl sites for hydroxylation is 2. The van der Waals surface area contributed by atoms with E-state index in [-0.39, 0.29) is 18.7 Å². The highest BCUT2D eigenvalue weighted by molar-refractivity contribution is 5.42. The van der Waals surface area contributed by atoms with Gasteiger partial charge in [-0.05, 0) is 20.8 Å². The van der Waals surface area contributed by atoms with Crippen LogP contribution in [-0.4, -0.2) is 46.1 Å². The molecule has 2 aromatic rings. The lowest BCUT2D eigenvalue weighted by Crippen LogP contribution is -2.38. The molecule has 2 N–H and O–H groups in total. The standard InChI is InChI=1S/C14H22N4O2/c1-9-5-14-15-6-13(11(3)18(14)17-9)10(2)16-12(7-19)8-20-4/h5-6,10,12,16,19H,7-8H2,1-4H3. The number of aromatic nitrogens is 3. The molecule has 0 aliphatic carbocycles. The Labute approximate surface area is 118 Å². The summed E-state index contributed by atoms with van der Waals surface area (Å²) in [5.74, 6) is 0. The SMILES string of the molecule is COCC(CO)NC(C)c1cnc2cc(C)nn2c1C. The minimum absolute atomic E-state index is 0.0355. The number of hydrogen-bond acceptors (Lipinski definition) is 5. The van der Waals surface area contributed by atoms with Gasteiger partial charge in [-0.2, -0.15) is 5.10 Å². The highest BCUT2D eigenvalue weighted by Crippen LogP contribution is 2.18. The van der Waals surface area contributed by atoms with Gasteiger partial charge in [0.1, 0.15) is 0 Å². The van der Waals surface area contributed by atoms with Crippen LogP contribution in [0.25, 0.3) is 5.65 Å². The predicted octanol–water partition coefficient (Wildman–Crippen LogP) is 1.00. The van der Waals surface area contributed by atoms with Crippen molar-refractivity contribution in [2.75, 3.05) is 20.3 Å². The number of aliphatic hydroxyl groups is 1. The third kappa shape index (κ3) is 2.98. The van der Waals surface area contributed by atoms with Gasteiger partial charge in [0.15, 0.2) is 5.65 Å². The maximum Gasteiger partial charge on any atom is 0.155 e. The molecule has 0 saturated carbocycles. The van der Waals surface area contributed by atoms with Crippen LogP contribution in [0, 0.1) is 13.8 Å². The van der Waals surface area contributed by atoms with Crippen LogP contribution in [0.5, 0.6) is 0 Å². The fourth-order valence-electron chi connectivity index (χ4n) is 2.40. The Bertz CT molecular complexity index is 582. The highest BCUT2D eigenvalue weighted by atomic mass is 16.5. The number of nitrogens with one attached hydrogen (secondary N) is 1. The van der Waals surface area contributed by atoms with E-state index in [0.717, 1.165) is 22.6 Å². The summed E-state index contributed by atoms with van der Waals surface area (Å²) in [6.07, 6.45) is 1.87. The lowest BCUT2D eigenvalue weighted by Gasteiger charge is -2.22. The van der Waals surface area contributed by atoms with Gasteiger partial charge >= 0.3 is 0 Å². The van der Waals surface area contributed by atoms with Crippen molar-refractivity contribution in [3.05, 3.63) is 29.2 Å². The van der Waals surface area contributed by atoms with E-state index in [1.54, 1.807) is 7.11 Å². The average Bonchev–Trinajstić information content (AvgIpc) is 2.80. The largest absolute Gasteiger partial charge is 0.395 e. The molecule has 0 amide bonds. The van der Waals surface area contributed by atoms with Crippen molar-refractivity contribution in [3.8, 4) is 0 Å². The number of fused-ring (bicyclic) bond motifs is 1. The lowest BCUT2D eigenvalue weighted by molar-refractivity contribution is 0.123. The van der Waals surface area contributed by atoms with Crippen molar-refractivity contribution < 1.29 is 9.84 Å². The van der Waals surface area contributed by atoms with Gasteiger partial charge < -0.3 is 15.2 Å². The van der Waals surface area contributed by atoms with Crippen LogP contribution >= 0.6 is 0 Å². The molecule has 20 heavy (non-hydrogen) atoms. The van der Waals surface area contributed by atoms with E-state index in [9.17, 15) is 5.11 Å². The zero-order chi connectivity index (χ0) is 14.7. The number of ether oxygens (including phenoxy) is 1. The molecule has 2 rings (SSSR count). The summed E-state index contributed by atoms with van der Waals surface area (Å²) in [5.41, 5.74) is 3.92. The summed E-state index contributed by atoms with van der Waals surface area (Å²) in [6.45, 7) is 6.53. The maximum atomic E-state index is 9.32. The van der Waals surface area contributed by atoms with Gasteiger partial charge in [0, 0.05) is 36.7 Å². The quantitative estimate of drug-likeness (QED) is 0.825. The molecule has 110 valence electrons. The molecule has 0 aliphatic heterocycles. The molecule has 2 atom stereocenters. The van der Waals surface area contributed by atoms with E-state index in [1.807, 2.05) is 37.5 Å². The monoisotopic (exact) mass is 278 g/mol. The zero-order valence-electron chi connectivity index (χ0n) is 12.4. The minimum Gasteiger partial charge on any atom is -0.395 e. The number of hydrogen-bond donors (Lipinski definition) is 2. The first-order valence-electron chi connectivity index (χ1n) is 6.74. The van der Waals surface area contributed by atoms with Gasteiger partial charge in [-0.25, -0.2) is 9.50 Å². The topological polar surface area (TPSA) is 71.7 Å². The Morgan fingerprint density at radius 3 is 2.85 bits per heavy atom. The molecule has 2 aromatic heterocycles. The Morgan fingerprint density at radius 2 is 2.20 bits per heavy atom. The molecule has 6 heteroatoms. The van der Waals surface area contributed by atoms with Crippen LogP contribution in [-0.2, 0) is 4.74 Å². The van der Waals surface area contributed by atoms with Crippen LogP contribution in [0.15, 0.2) is 12.3 Å². The van der Waals surface area contributed by atoms with Crippen molar-refractivity contribution in [2.45, 2.75) is 32.9 Å². The van der Waals surface area contributed by atoms with Crippen LogP contribution in [0.4, 0.5) is 0 Å². The first-order valence-corrected chi connectivity index (χ1v) is 6.74. The summed E-state index contributed by atoms with van der Waals surface area (Å²) in [7, 11) is 1.63. The molecule has 2 heterocycles. The number of methoxy groups -OCH3 is 1. The van der Waals surface area contributed by atoms with Gasteiger partial charge in [0.05, 0.1) is 24.9 Å². The summed E-state index contributed by atoms with van der Waals surface area (Å²) in [5, 5.41) is 17.1. The third-order valence-corrected chi connectivity index (χ3v) is 3.42. The summed E-state index contributed by atoms with van der Waals surface area (Å²) in [4.78, 5) is 4.43. The zero-order valence-corrected chi connectivity index (χ0v) is 12.4. The molecule has 0 bridgehead atoms. The van der Waals surface area contributed by atoms with Crippen molar-refractivity contribution in [3.63, 3.8) is 0 Å². The van der Waals surface area contributed by atoms with Gasteiger partial charge in [0.25, 0.3) is 0 Å². The van der Waals surface area contributed by atoms with Gasteiger partial charge in [-0.3, -0.25) is 0 Å². The first-order chi connectivity index (χ1) is 9.56. The Kier molecular flexibility index (Phi) is 4.69. The van der Waals surface area contributed by atoms with Crippen LogP contribution in [0.3, 0.4) is 0 Å². The second-order valence-corrected chi connectivity index (χ2v) is 5.08. The lowest BCUT2D eigenvalue weighted by atomic mass is 10.1. The molecule has 0 aliphatic rings. The van der Waals surface area contributed by atoms with Crippen molar-refractivity contribution in [2.24, 2.45) is 0 Å². The van der Waals surface area contributed by atoms with Crippen molar-refractivity contribution >= 4 is 5.65 Å². The Morgan fingerprint density at radius 1 is 1.45 bits per heavy atom. The van der Waals surface area contributed by atoms with Crippen molar-refractivity contribution in [1.82, 2.24) is 19.9 Å². The normalized spacial score (nSPS) is 14.7. The van der Waals surface area contributed by atoms with E-state index in [2.05, 4.69) is 15.4 Å². The van der Waals surface area contributed by atoms with E-state index >= 15 is 0 Å². The van der Waals surface area contributed by atoms with E-state index in [1.165, 1.54) is 0 Å². The molecular weight excluding hydrogens is 256 g/mol. The summed E-state index contributed by atoms with van der Waals surface area (Å²) in [6, 6.07) is 1.92. The van der Waals surface area contributed by atoms with E-state index in [0.29, 0.717) is 6.61 Å². The minimum atomic E-state index is -0.0931. The second-order valence-electron chi connectivity index (χ2n) is 5.08. The van der Waals surface area contributed by atoms with Gasteiger partial charge in [-0.15, -0.1) is 0 Å². The highest BCUT2D eigenvalue weighted by Gasteiger charge is 2.16. The predicted molar refractivity (Wildman–Crippen MR) is 76.8 cm³/mol. The fraction of sp³-hybridized carbons (Fsp3) is 0.571. The molecular formula is C14H22N4O2. The average molecular weight is 278 g/mol. The molecule has 0 aromatic carbocycles. The van der Waals surface area contributed by atoms with Crippen molar-refractivity contribution in [1.29, 1.82) is 0 Å². The Balaban J connectivity index is 2.25. The summed E-state index contributed by atoms with van der Waals surface area (Å²) < 4.78 is 6.93. The fourth-order valence-corrected chi connectivity index (χ4v) is 2.40. The maximum absolute atomic E-state index is 9.32. The van der Waals surface area contributed by atoms with Crippen LogP contribution < -0.4 is 5.32 Å². The molecule has 0 radical (unpaired) electrons. The van der Waals surface area contributed by atoms with Crippen LogP contribution in [0.2, 0.25) is 0 Å². The molecule has 0 spiro atoms. The third-order valence-electron chi connectivity index (χ3n) is 3.42. The number of rotatable bonds is 6. The smallest absolute Gasteiger partial charge is 0.155 e. The number of aliphatic hydroxyl groups excluding tert-OH is 1. The van der Waals surface area contributed by atoms with E-state index in [4.69, 9.17) is 4.74 Å². The van der Waals surface area contributed by atoms with E-state index < -0.39 is 0 Å². The van der Waals surface area contributed by atoms with Crippen LogP contribution in [0.1, 0.15) is 29.9 Å². The van der Waals surface area contributed by atoms with Gasteiger partial charge in [-0.1, -0.05) is 0 Å². The molecule has 2 unspecified atom stereocenters. The van der Waals surface area contributed by atoms with Gasteiger partial charge in [0.2, 0.25) is 0 Å². The second kappa shape index (κ2) is 6.30. The summed E-state index contributed by atoms with van der Waals surface area (Å²) >= 11 is 0. The Hall–Kier alpha value is -1.50. The molecule has 6 nitrogen and oxygen atoms in total. The number of nitrogens with zero attached hydrogens (tertiary/aromatic N) is 3. The molecule has 0 fully saturated rings.